The quantitative estimate of drug-likeness (QED) is 0.869. The molecule has 1 aliphatic heterocycles. The van der Waals surface area contributed by atoms with Crippen molar-refractivity contribution < 1.29 is 0 Å². The van der Waals surface area contributed by atoms with Gasteiger partial charge in [-0.25, -0.2) is 4.98 Å². The van der Waals surface area contributed by atoms with Gasteiger partial charge in [-0.2, -0.15) is 0 Å². The van der Waals surface area contributed by atoms with Gasteiger partial charge in [0.1, 0.15) is 5.82 Å². The molecule has 0 bridgehead atoms. The second-order valence-corrected chi connectivity index (χ2v) is 5.13. The van der Waals surface area contributed by atoms with Crippen LogP contribution in [0.5, 0.6) is 0 Å². The van der Waals surface area contributed by atoms with E-state index in [2.05, 4.69) is 22.9 Å². The van der Waals surface area contributed by atoms with E-state index >= 15 is 0 Å². The maximum Gasteiger partial charge on any atom is 0.128 e. The first-order chi connectivity index (χ1) is 8.20. The third-order valence-electron chi connectivity index (χ3n) is 3.60. The molecular weight excluding hydrogens is 210 g/mol. The lowest BCUT2D eigenvalue weighted by atomic mass is 10.0. The summed E-state index contributed by atoms with van der Waals surface area (Å²) in [5.41, 5.74) is 7.08. The van der Waals surface area contributed by atoms with Gasteiger partial charge in [0, 0.05) is 25.3 Å². The van der Waals surface area contributed by atoms with E-state index in [0.29, 0.717) is 0 Å². The number of anilines is 1. The number of nitrogens with zero attached hydrogens (tertiary/aromatic N) is 2. The van der Waals surface area contributed by atoms with Gasteiger partial charge in [-0.15, -0.1) is 0 Å². The summed E-state index contributed by atoms with van der Waals surface area (Å²) in [5, 5.41) is 0. The summed E-state index contributed by atoms with van der Waals surface area (Å²) in [5.74, 6) is 1.94. The molecule has 0 amide bonds. The Morgan fingerprint density at radius 3 is 3.12 bits per heavy atom. The van der Waals surface area contributed by atoms with Gasteiger partial charge in [-0.05, 0) is 43.4 Å². The topological polar surface area (TPSA) is 42.1 Å². The van der Waals surface area contributed by atoms with Gasteiger partial charge in [0.25, 0.3) is 0 Å². The highest BCUT2D eigenvalue weighted by atomic mass is 15.2. The highest BCUT2D eigenvalue weighted by Gasteiger charge is 2.22. The van der Waals surface area contributed by atoms with E-state index in [1.165, 1.54) is 24.8 Å². The molecule has 3 heteroatoms. The number of rotatable bonds is 4. The molecule has 0 aliphatic carbocycles. The minimum Gasteiger partial charge on any atom is -0.356 e. The van der Waals surface area contributed by atoms with Crippen molar-refractivity contribution in [1.82, 2.24) is 4.98 Å². The normalized spacial score (nSPS) is 21.8. The first kappa shape index (κ1) is 12.4. The van der Waals surface area contributed by atoms with Gasteiger partial charge in [0.15, 0.2) is 0 Å². The fourth-order valence-electron chi connectivity index (χ4n) is 2.57. The zero-order chi connectivity index (χ0) is 12.3. The first-order valence-corrected chi connectivity index (χ1v) is 6.67. The Hall–Kier alpha value is -1.09. The van der Waals surface area contributed by atoms with E-state index in [-0.39, 0.29) is 6.04 Å². The lowest BCUT2D eigenvalue weighted by Gasteiger charge is -2.18. The minimum atomic E-state index is 0.0887. The Labute approximate surface area is 104 Å². The molecule has 2 rings (SSSR count). The van der Waals surface area contributed by atoms with Crippen LogP contribution in [0.15, 0.2) is 18.3 Å². The fraction of sp³-hybridized carbons (Fsp3) is 0.643. The van der Waals surface area contributed by atoms with Crippen LogP contribution in [-0.2, 0) is 0 Å². The van der Waals surface area contributed by atoms with Gasteiger partial charge in [0.2, 0.25) is 0 Å². The van der Waals surface area contributed by atoms with Gasteiger partial charge >= 0.3 is 0 Å². The fourth-order valence-corrected chi connectivity index (χ4v) is 2.57. The summed E-state index contributed by atoms with van der Waals surface area (Å²) in [4.78, 5) is 6.86. The van der Waals surface area contributed by atoms with Gasteiger partial charge in [-0.1, -0.05) is 13.3 Å². The summed E-state index contributed by atoms with van der Waals surface area (Å²) in [6, 6.07) is 4.23. The molecule has 0 radical (unpaired) electrons. The Morgan fingerprint density at radius 1 is 1.59 bits per heavy atom. The summed E-state index contributed by atoms with van der Waals surface area (Å²) in [6.07, 6.45) is 5.80. The molecule has 1 saturated heterocycles. The van der Waals surface area contributed by atoms with E-state index in [0.717, 1.165) is 24.8 Å². The van der Waals surface area contributed by atoms with Crippen LogP contribution in [0.4, 0.5) is 5.82 Å². The molecule has 2 atom stereocenters. The monoisotopic (exact) mass is 233 g/mol. The van der Waals surface area contributed by atoms with Crippen molar-refractivity contribution in [2.45, 2.75) is 39.2 Å². The Kier molecular flexibility index (Phi) is 4.00. The van der Waals surface area contributed by atoms with Gasteiger partial charge < -0.3 is 10.6 Å². The second-order valence-electron chi connectivity index (χ2n) is 5.13. The van der Waals surface area contributed by atoms with Crippen LogP contribution in [0.25, 0.3) is 0 Å². The van der Waals surface area contributed by atoms with Crippen molar-refractivity contribution in [3.05, 3.63) is 23.9 Å². The summed E-state index contributed by atoms with van der Waals surface area (Å²) < 4.78 is 0. The van der Waals surface area contributed by atoms with Crippen LogP contribution in [0.3, 0.4) is 0 Å². The summed E-state index contributed by atoms with van der Waals surface area (Å²) in [7, 11) is 0. The van der Waals surface area contributed by atoms with E-state index in [1.807, 2.05) is 19.2 Å². The molecule has 0 saturated carbocycles. The molecule has 2 N–H and O–H groups in total. The van der Waals surface area contributed by atoms with Crippen LogP contribution in [0.2, 0.25) is 0 Å². The molecule has 17 heavy (non-hydrogen) atoms. The van der Waals surface area contributed by atoms with Crippen molar-refractivity contribution in [3.8, 4) is 0 Å². The molecule has 94 valence electrons. The zero-order valence-corrected chi connectivity index (χ0v) is 10.9. The predicted molar refractivity (Wildman–Crippen MR) is 72.1 cm³/mol. The Bertz CT molecular complexity index is 362. The molecule has 1 aromatic rings. The standard InChI is InChI=1S/C14H23N3/c1-3-4-12-6-8-17(10-12)14-9-13(11(2)15)5-7-16-14/h5,7,9,11-12H,3-4,6,8,10,15H2,1-2H3/t11-,12?/m1/s1. The van der Waals surface area contributed by atoms with E-state index in [9.17, 15) is 0 Å². The van der Waals surface area contributed by atoms with Crippen LogP contribution < -0.4 is 10.6 Å². The molecule has 0 aromatic carbocycles. The molecule has 1 fully saturated rings. The lowest BCUT2D eigenvalue weighted by Crippen LogP contribution is -2.21. The smallest absolute Gasteiger partial charge is 0.128 e. The molecule has 1 unspecified atom stereocenters. The van der Waals surface area contributed by atoms with Crippen molar-refractivity contribution >= 4 is 5.82 Å². The highest BCUT2D eigenvalue weighted by Crippen LogP contribution is 2.26. The van der Waals surface area contributed by atoms with E-state index in [1.54, 1.807) is 0 Å². The number of pyridine rings is 1. The SMILES string of the molecule is CCCC1CCN(c2cc([C@@H](C)N)ccn2)C1. The molecule has 3 nitrogen and oxygen atoms in total. The van der Waals surface area contributed by atoms with Gasteiger partial charge in [0.05, 0.1) is 0 Å². The van der Waals surface area contributed by atoms with E-state index in [4.69, 9.17) is 5.73 Å². The van der Waals surface area contributed by atoms with Crippen LogP contribution in [-0.4, -0.2) is 18.1 Å². The van der Waals surface area contributed by atoms with E-state index < -0.39 is 0 Å². The second kappa shape index (κ2) is 5.50. The van der Waals surface area contributed by atoms with Crippen molar-refractivity contribution in [3.63, 3.8) is 0 Å². The lowest BCUT2D eigenvalue weighted by molar-refractivity contribution is 0.529. The average Bonchev–Trinajstić information content (AvgIpc) is 2.78. The summed E-state index contributed by atoms with van der Waals surface area (Å²) >= 11 is 0. The summed E-state index contributed by atoms with van der Waals surface area (Å²) in [6.45, 7) is 6.57. The third kappa shape index (κ3) is 2.97. The van der Waals surface area contributed by atoms with Crippen LogP contribution in [0.1, 0.15) is 44.7 Å². The van der Waals surface area contributed by atoms with Crippen molar-refractivity contribution in [1.29, 1.82) is 0 Å². The Balaban J connectivity index is 2.05. The average molecular weight is 233 g/mol. The van der Waals surface area contributed by atoms with Gasteiger partial charge in [-0.3, -0.25) is 0 Å². The molecular formula is C14H23N3. The number of hydrogen-bond donors (Lipinski definition) is 1. The van der Waals surface area contributed by atoms with Crippen molar-refractivity contribution in [2.75, 3.05) is 18.0 Å². The third-order valence-corrected chi connectivity index (χ3v) is 3.60. The Morgan fingerprint density at radius 2 is 2.41 bits per heavy atom. The van der Waals surface area contributed by atoms with Crippen molar-refractivity contribution in [2.24, 2.45) is 11.7 Å². The predicted octanol–water partition coefficient (Wildman–Crippen LogP) is 2.73. The largest absolute Gasteiger partial charge is 0.356 e. The van der Waals surface area contributed by atoms with Crippen LogP contribution >= 0.6 is 0 Å². The number of hydrogen-bond acceptors (Lipinski definition) is 3. The maximum absolute atomic E-state index is 5.91. The maximum atomic E-state index is 5.91. The first-order valence-electron chi connectivity index (χ1n) is 6.67. The molecule has 2 heterocycles. The molecule has 0 spiro atoms. The number of nitrogens with two attached hydrogens (primary N) is 1. The molecule has 1 aromatic heterocycles. The highest BCUT2D eigenvalue weighted by molar-refractivity contribution is 5.42. The zero-order valence-electron chi connectivity index (χ0n) is 10.9. The van der Waals surface area contributed by atoms with Crippen LogP contribution in [0, 0.1) is 5.92 Å². The number of aromatic nitrogens is 1. The minimum absolute atomic E-state index is 0.0887. The molecule has 1 aliphatic rings.